The van der Waals surface area contributed by atoms with Crippen molar-refractivity contribution in [2.45, 2.75) is 39.1 Å². The molecule has 1 aliphatic heterocycles. The fraction of sp³-hybridized carbons (Fsp3) is 0.375. The van der Waals surface area contributed by atoms with Gasteiger partial charge < -0.3 is 4.84 Å². The molecule has 0 bridgehead atoms. The van der Waals surface area contributed by atoms with Crippen molar-refractivity contribution in [2.75, 3.05) is 0 Å². The molecule has 0 saturated carbocycles. The van der Waals surface area contributed by atoms with E-state index in [4.69, 9.17) is 16.4 Å². The number of rotatable bonds is 3. The van der Waals surface area contributed by atoms with Crippen LogP contribution in [0.15, 0.2) is 29.4 Å². The van der Waals surface area contributed by atoms with E-state index < -0.39 is 11.7 Å². The van der Waals surface area contributed by atoms with E-state index in [1.165, 1.54) is 12.1 Å². The molecule has 1 aliphatic rings. The summed E-state index contributed by atoms with van der Waals surface area (Å²) in [5, 5.41) is 8.01. The Hall–Kier alpha value is -2.02. The van der Waals surface area contributed by atoms with Gasteiger partial charge in [-0.05, 0) is 32.0 Å². The molecule has 1 atom stereocenters. The molecule has 0 aliphatic carbocycles. The van der Waals surface area contributed by atoms with E-state index in [0.717, 1.165) is 17.5 Å². The van der Waals surface area contributed by atoms with E-state index in [2.05, 4.69) is 10.3 Å². The molecule has 0 spiro atoms. The van der Waals surface area contributed by atoms with Crippen molar-refractivity contribution >= 4 is 17.3 Å². The SMILES string of the molecule is Cc1cc(C)n(C[C@H]2CC(c3ccc(C(F)(F)F)c(Cl)c3)=NO2)n1. The van der Waals surface area contributed by atoms with Crippen LogP contribution in [-0.4, -0.2) is 21.6 Å². The summed E-state index contributed by atoms with van der Waals surface area (Å²) in [4.78, 5) is 5.39. The summed E-state index contributed by atoms with van der Waals surface area (Å²) in [6.07, 6.45) is -4.19. The number of hydrogen-bond donors (Lipinski definition) is 0. The fourth-order valence-corrected chi connectivity index (χ4v) is 2.96. The molecule has 0 amide bonds. The number of hydrogen-bond acceptors (Lipinski definition) is 3. The molecule has 0 saturated heterocycles. The summed E-state index contributed by atoms with van der Waals surface area (Å²) in [6.45, 7) is 4.39. The van der Waals surface area contributed by atoms with Gasteiger partial charge in [-0.2, -0.15) is 18.3 Å². The van der Waals surface area contributed by atoms with Crippen molar-refractivity contribution in [3.05, 3.63) is 51.8 Å². The van der Waals surface area contributed by atoms with Gasteiger partial charge in [0.05, 0.1) is 28.5 Å². The van der Waals surface area contributed by atoms with Gasteiger partial charge in [-0.15, -0.1) is 0 Å². The molecular formula is C16H15ClF3N3O. The molecule has 0 radical (unpaired) electrons. The second-order valence-electron chi connectivity index (χ2n) is 5.77. The molecule has 2 heterocycles. The van der Waals surface area contributed by atoms with Crippen molar-refractivity contribution in [3.8, 4) is 0 Å². The van der Waals surface area contributed by atoms with Crippen LogP contribution >= 0.6 is 11.6 Å². The molecular weight excluding hydrogens is 343 g/mol. The Morgan fingerprint density at radius 1 is 1.29 bits per heavy atom. The van der Waals surface area contributed by atoms with Crippen LogP contribution in [0.25, 0.3) is 0 Å². The summed E-state index contributed by atoms with van der Waals surface area (Å²) in [5.74, 6) is 0. The second kappa shape index (κ2) is 6.12. The van der Waals surface area contributed by atoms with Crippen molar-refractivity contribution in [1.29, 1.82) is 0 Å². The van der Waals surface area contributed by atoms with Crippen LogP contribution in [0.4, 0.5) is 13.2 Å². The summed E-state index contributed by atoms with van der Waals surface area (Å²) in [6, 6.07) is 5.57. The van der Waals surface area contributed by atoms with Crippen LogP contribution in [0.3, 0.4) is 0 Å². The third-order valence-electron chi connectivity index (χ3n) is 3.82. The number of alkyl halides is 3. The van der Waals surface area contributed by atoms with Crippen LogP contribution in [0.1, 0.15) is 28.9 Å². The minimum Gasteiger partial charge on any atom is -0.390 e. The lowest BCUT2D eigenvalue weighted by atomic mass is 10.0. The van der Waals surface area contributed by atoms with Crippen LogP contribution in [0, 0.1) is 13.8 Å². The largest absolute Gasteiger partial charge is 0.417 e. The smallest absolute Gasteiger partial charge is 0.390 e. The van der Waals surface area contributed by atoms with Crippen molar-refractivity contribution < 1.29 is 18.0 Å². The highest BCUT2D eigenvalue weighted by molar-refractivity contribution is 6.31. The molecule has 8 heteroatoms. The van der Waals surface area contributed by atoms with Crippen LogP contribution in [-0.2, 0) is 17.6 Å². The highest BCUT2D eigenvalue weighted by Gasteiger charge is 2.33. The third kappa shape index (κ3) is 3.40. The van der Waals surface area contributed by atoms with Crippen molar-refractivity contribution in [3.63, 3.8) is 0 Å². The molecule has 2 aromatic rings. The van der Waals surface area contributed by atoms with Crippen LogP contribution < -0.4 is 0 Å². The number of nitrogens with zero attached hydrogens (tertiary/aromatic N) is 3. The molecule has 1 aromatic carbocycles. The van der Waals surface area contributed by atoms with Gasteiger partial charge in [0.1, 0.15) is 0 Å². The van der Waals surface area contributed by atoms with E-state index in [9.17, 15) is 13.2 Å². The van der Waals surface area contributed by atoms with Crippen LogP contribution in [0.2, 0.25) is 5.02 Å². The lowest BCUT2D eigenvalue weighted by Gasteiger charge is -2.11. The Bertz CT molecular complexity index is 798. The first-order chi connectivity index (χ1) is 11.2. The fourth-order valence-electron chi connectivity index (χ4n) is 2.67. The number of halogens is 4. The van der Waals surface area contributed by atoms with Gasteiger partial charge in [0.2, 0.25) is 0 Å². The number of oxime groups is 1. The summed E-state index contributed by atoms with van der Waals surface area (Å²) in [5.41, 5.74) is 2.19. The molecule has 0 N–H and O–H groups in total. The highest BCUT2D eigenvalue weighted by atomic mass is 35.5. The first kappa shape index (κ1) is 16.8. The average molecular weight is 358 g/mol. The predicted octanol–water partition coefficient (Wildman–Crippen LogP) is 4.37. The zero-order chi connectivity index (χ0) is 17.5. The minimum atomic E-state index is -4.47. The summed E-state index contributed by atoms with van der Waals surface area (Å²) >= 11 is 5.75. The molecule has 4 nitrogen and oxygen atoms in total. The summed E-state index contributed by atoms with van der Waals surface area (Å²) < 4.78 is 40.1. The van der Waals surface area contributed by atoms with Gasteiger partial charge in [0, 0.05) is 17.7 Å². The molecule has 24 heavy (non-hydrogen) atoms. The number of benzene rings is 1. The Morgan fingerprint density at radius 3 is 2.62 bits per heavy atom. The Morgan fingerprint density at radius 2 is 2.04 bits per heavy atom. The van der Waals surface area contributed by atoms with Crippen LogP contribution in [0.5, 0.6) is 0 Å². The Kier molecular flexibility index (Phi) is 4.29. The second-order valence-corrected chi connectivity index (χ2v) is 6.18. The van der Waals surface area contributed by atoms with Gasteiger partial charge in [-0.25, -0.2) is 0 Å². The van der Waals surface area contributed by atoms with Crippen molar-refractivity contribution in [1.82, 2.24) is 9.78 Å². The molecule has 1 aromatic heterocycles. The topological polar surface area (TPSA) is 39.4 Å². The third-order valence-corrected chi connectivity index (χ3v) is 4.13. The normalized spacial score (nSPS) is 17.8. The van der Waals surface area contributed by atoms with E-state index in [1.807, 2.05) is 24.6 Å². The van der Waals surface area contributed by atoms with Gasteiger partial charge in [0.25, 0.3) is 0 Å². The lowest BCUT2D eigenvalue weighted by molar-refractivity contribution is -0.137. The highest BCUT2D eigenvalue weighted by Crippen LogP contribution is 2.35. The summed E-state index contributed by atoms with van der Waals surface area (Å²) in [7, 11) is 0. The molecule has 128 valence electrons. The first-order valence-electron chi connectivity index (χ1n) is 7.35. The van der Waals surface area contributed by atoms with E-state index in [1.54, 1.807) is 0 Å². The minimum absolute atomic E-state index is 0.209. The standard InChI is InChI=1S/C16H15ClF3N3O/c1-9-5-10(2)23(21-9)8-12-7-15(22-24-12)11-3-4-13(14(17)6-11)16(18,19)20/h3-6,12H,7-8H2,1-2H3/t12-/m1/s1. The quantitative estimate of drug-likeness (QED) is 0.818. The van der Waals surface area contributed by atoms with E-state index in [0.29, 0.717) is 24.2 Å². The maximum Gasteiger partial charge on any atom is 0.417 e. The van der Waals surface area contributed by atoms with Crippen molar-refractivity contribution in [2.24, 2.45) is 5.16 Å². The van der Waals surface area contributed by atoms with E-state index >= 15 is 0 Å². The Balaban J connectivity index is 1.71. The first-order valence-corrected chi connectivity index (χ1v) is 7.72. The zero-order valence-electron chi connectivity index (χ0n) is 13.1. The molecule has 0 fully saturated rings. The van der Waals surface area contributed by atoms with Gasteiger partial charge in [-0.1, -0.05) is 22.8 Å². The molecule has 0 unspecified atom stereocenters. The van der Waals surface area contributed by atoms with Gasteiger partial charge in [0.15, 0.2) is 6.10 Å². The van der Waals surface area contributed by atoms with Gasteiger partial charge >= 0.3 is 6.18 Å². The van der Waals surface area contributed by atoms with Gasteiger partial charge in [-0.3, -0.25) is 4.68 Å². The molecule has 3 rings (SSSR count). The monoisotopic (exact) mass is 357 g/mol. The number of aromatic nitrogens is 2. The zero-order valence-corrected chi connectivity index (χ0v) is 13.8. The maximum absolute atomic E-state index is 12.8. The average Bonchev–Trinajstić information content (AvgIpc) is 3.05. The lowest BCUT2D eigenvalue weighted by Crippen LogP contribution is -2.18. The maximum atomic E-state index is 12.8. The Labute approximate surface area is 141 Å². The number of aryl methyl sites for hydroxylation is 2. The predicted molar refractivity (Wildman–Crippen MR) is 84.2 cm³/mol. The van der Waals surface area contributed by atoms with E-state index in [-0.39, 0.29) is 11.1 Å².